The molecule has 0 aliphatic rings. The average Bonchev–Trinajstić information content (AvgIpc) is 2.37. The van der Waals surface area contributed by atoms with Crippen molar-refractivity contribution in [2.75, 3.05) is 13.1 Å². The third-order valence-corrected chi connectivity index (χ3v) is 3.20. The van der Waals surface area contributed by atoms with Gasteiger partial charge in [-0.15, -0.1) is 0 Å². The van der Waals surface area contributed by atoms with Crippen molar-refractivity contribution in [3.63, 3.8) is 0 Å². The molecule has 0 aliphatic carbocycles. The number of carbonyl (C=O) groups is 2. The van der Waals surface area contributed by atoms with E-state index in [-0.39, 0.29) is 18.4 Å². The van der Waals surface area contributed by atoms with Crippen molar-refractivity contribution in [2.45, 2.75) is 25.5 Å². The molecule has 1 rings (SSSR count). The van der Waals surface area contributed by atoms with Gasteiger partial charge >= 0.3 is 0 Å². The first-order valence-electron chi connectivity index (χ1n) is 6.69. The zero-order valence-electron chi connectivity index (χ0n) is 12.0. The zero-order chi connectivity index (χ0) is 15.1. The first-order valence-corrected chi connectivity index (χ1v) is 7.21. The first-order chi connectivity index (χ1) is 9.40. The molecule has 0 saturated heterocycles. The Labute approximate surface area is 125 Å². The highest BCUT2D eigenvalue weighted by atomic mass is 32.1. The fraction of sp³-hybridized carbons (Fsp3) is 0.467. The van der Waals surface area contributed by atoms with Crippen LogP contribution >= 0.6 is 12.6 Å². The van der Waals surface area contributed by atoms with Crippen LogP contribution in [-0.2, 0) is 16.0 Å². The lowest BCUT2D eigenvalue weighted by atomic mass is 10.1. The summed E-state index contributed by atoms with van der Waals surface area (Å²) in [5.74, 6) is -0.375. The van der Waals surface area contributed by atoms with Crippen LogP contribution in [0, 0.1) is 5.92 Å². The molecule has 5 heteroatoms. The Hall–Kier alpha value is -1.49. The van der Waals surface area contributed by atoms with E-state index in [2.05, 4.69) is 12.6 Å². The minimum absolute atomic E-state index is 0.0527. The van der Waals surface area contributed by atoms with E-state index in [4.69, 9.17) is 5.73 Å². The Morgan fingerprint density at radius 2 is 1.85 bits per heavy atom. The van der Waals surface area contributed by atoms with Gasteiger partial charge in [0.2, 0.25) is 11.8 Å². The number of hydrogen-bond acceptors (Lipinski definition) is 3. The molecule has 0 aliphatic heterocycles. The fourth-order valence-electron chi connectivity index (χ4n) is 2.00. The summed E-state index contributed by atoms with van der Waals surface area (Å²) >= 11 is 4.38. The van der Waals surface area contributed by atoms with E-state index in [0.29, 0.717) is 13.0 Å². The van der Waals surface area contributed by atoms with Gasteiger partial charge in [-0.3, -0.25) is 9.59 Å². The van der Waals surface area contributed by atoms with Crippen LogP contribution in [0.4, 0.5) is 0 Å². The van der Waals surface area contributed by atoms with E-state index < -0.39 is 11.2 Å². The van der Waals surface area contributed by atoms with E-state index in [1.54, 1.807) is 0 Å². The summed E-state index contributed by atoms with van der Waals surface area (Å²) in [7, 11) is 0. The van der Waals surface area contributed by atoms with Gasteiger partial charge < -0.3 is 10.6 Å². The van der Waals surface area contributed by atoms with Crippen molar-refractivity contribution < 1.29 is 9.59 Å². The lowest BCUT2D eigenvalue weighted by molar-refractivity contribution is -0.135. The van der Waals surface area contributed by atoms with Gasteiger partial charge in [-0.2, -0.15) is 12.6 Å². The van der Waals surface area contributed by atoms with Gasteiger partial charge in [0.15, 0.2) is 0 Å². The summed E-state index contributed by atoms with van der Waals surface area (Å²) < 4.78 is 0. The second kappa shape index (κ2) is 7.94. The minimum Gasteiger partial charge on any atom is -0.368 e. The van der Waals surface area contributed by atoms with Crippen LogP contribution in [0.3, 0.4) is 0 Å². The van der Waals surface area contributed by atoms with Crippen molar-refractivity contribution in [1.29, 1.82) is 0 Å². The van der Waals surface area contributed by atoms with Crippen LogP contribution < -0.4 is 5.73 Å². The van der Waals surface area contributed by atoms with E-state index in [9.17, 15) is 9.59 Å². The molecule has 0 bridgehead atoms. The molecule has 2 N–H and O–H groups in total. The molecular weight excluding hydrogens is 272 g/mol. The lowest BCUT2D eigenvalue weighted by Crippen LogP contribution is -2.44. The predicted octanol–water partition coefficient (Wildman–Crippen LogP) is 1.50. The van der Waals surface area contributed by atoms with Gasteiger partial charge in [0.05, 0.1) is 11.8 Å². The summed E-state index contributed by atoms with van der Waals surface area (Å²) in [6.07, 6.45) is 0.538. The summed E-state index contributed by atoms with van der Waals surface area (Å²) in [4.78, 5) is 24.9. The largest absolute Gasteiger partial charge is 0.368 e. The van der Waals surface area contributed by atoms with E-state index >= 15 is 0 Å². The van der Waals surface area contributed by atoms with Gasteiger partial charge in [0.25, 0.3) is 0 Å². The standard InChI is InChI=1S/C15H22N2O2S/c1-11(2)9-17(10-14(16)18)15(19)13(20)8-12-6-4-3-5-7-12/h3-7,11,13,20H,8-10H2,1-2H3,(H2,16,18). The summed E-state index contributed by atoms with van der Waals surface area (Å²) in [5.41, 5.74) is 6.25. The average molecular weight is 294 g/mol. The molecule has 1 aromatic rings. The number of hydrogen-bond donors (Lipinski definition) is 2. The highest BCUT2D eigenvalue weighted by molar-refractivity contribution is 7.81. The van der Waals surface area contributed by atoms with Gasteiger partial charge in [-0.25, -0.2) is 0 Å². The van der Waals surface area contributed by atoms with E-state index in [0.717, 1.165) is 5.56 Å². The number of nitrogens with zero attached hydrogens (tertiary/aromatic N) is 1. The number of primary amides is 1. The Bertz CT molecular complexity index is 448. The Balaban J connectivity index is 2.69. The van der Waals surface area contributed by atoms with E-state index in [1.807, 2.05) is 44.2 Å². The Kier molecular flexibility index (Phi) is 6.58. The molecule has 1 atom stereocenters. The number of amides is 2. The Morgan fingerprint density at radius 3 is 2.35 bits per heavy atom. The zero-order valence-corrected chi connectivity index (χ0v) is 12.8. The lowest BCUT2D eigenvalue weighted by Gasteiger charge is -2.26. The number of rotatable bonds is 7. The van der Waals surface area contributed by atoms with Crippen LogP contribution in [-0.4, -0.2) is 35.1 Å². The van der Waals surface area contributed by atoms with Crippen LogP contribution in [0.15, 0.2) is 30.3 Å². The summed E-state index contributed by atoms with van der Waals surface area (Å²) in [6.45, 7) is 4.44. The van der Waals surface area contributed by atoms with Gasteiger partial charge in [0, 0.05) is 6.54 Å². The predicted molar refractivity (Wildman–Crippen MR) is 83.5 cm³/mol. The van der Waals surface area contributed by atoms with Crippen molar-refractivity contribution >= 4 is 24.4 Å². The molecule has 0 fully saturated rings. The SMILES string of the molecule is CC(C)CN(CC(N)=O)C(=O)C(S)Cc1ccccc1. The normalized spacial score (nSPS) is 12.2. The number of carbonyl (C=O) groups excluding carboxylic acids is 2. The molecular formula is C15H22N2O2S. The maximum absolute atomic E-state index is 12.4. The molecule has 0 radical (unpaired) electrons. The minimum atomic E-state index is -0.501. The van der Waals surface area contributed by atoms with Crippen molar-refractivity contribution in [1.82, 2.24) is 4.90 Å². The smallest absolute Gasteiger partial charge is 0.237 e. The van der Waals surface area contributed by atoms with E-state index in [1.165, 1.54) is 4.90 Å². The molecule has 0 spiro atoms. The van der Waals surface area contributed by atoms with Gasteiger partial charge in [0.1, 0.15) is 0 Å². The quantitative estimate of drug-likeness (QED) is 0.749. The molecule has 0 heterocycles. The highest BCUT2D eigenvalue weighted by Crippen LogP contribution is 2.12. The molecule has 0 saturated carbocycles. The molecule has 110 valence electrons. The Morgan fingerprint density at radius 1 is 1.25 bits per heavy atom. The molecule has 4 nitrogen and oxygen atoms in total. The molecule has 1 aromatic carbocycles. The third kappa shape index (κ3) is 5.65. The second-order valence-corrected chi connectivity index (χ2v) is 5.91. The second-order valence-electron chi connectivity index (χ2n) is 5.28. The van der Waals surface area contributed by atoms with Crippen molar-refractivity contribution in [2.24, 2.45) is 11.7 Å². The van der Waals surface area contributed by atoms with Gasteiger partial charge in [-0.1, -0.05) is 44.2 Å². The van der Waals surface area contributed by atoms with Crippen LogP contribution in [0.25, 0.3) is 0 Å². The monoisotopic (exact) mass is 294 g/mol. The van der Waals surface area contributed by atoms with Crippen LogP contribution in [0.5, 0.6) is 0 Å². The molecule has 20 heavy (non-hydrogen) atoms. The number of nitrogens with two attached hydrogens (primary N) is 1. The fourth-order valence-corrected chi connectivity index (χ4v) is 2.37. The molecule has 1 unspecified atom stereocenters. The number of benzene rings is 1. The molecule has 0 aromatic heterocycles. The van der Waals surface area contributed by atoms with Gasteiger partial charge in [-0.05, 0) is 17.9 Å². The highest BCUT2D eigenvalue weighted by Gasteiger charge is 2.23. The van der Waals surface area contributed by atoms with Crippen molar-refractivity contribution in [3.8, 4) is 0 Å². The summed E-state index contributed by atoms with van der Waals surface area (Å²) in [6, 6.07) is 9.69. The van der Waals surface area contributed by atoms with Crippen LogP contribution in [0.2, 0.25) is 0 Å². The summed E-state index contributed by atoms with van der Waals surface area (Å²) in [5, 5.41) is -0.463. The topological polar surface area (TPSA) is 63.4 Å². The molecule has 2 amide bonds. The number of thiol groups is 1. The third-order valence-electron chi connectivity index (χ3n) is 2.80. The van der Waals surface area contributed by atoms with Crippen LogP contribution in [0.1, 0.15) is 19.4 Å². The van der Waals surface area contributed by atoms with Crippen molar-refractivity contribution in [3.05, 3.63) is 35.9 Å². The maximum atomic E-state index is 12.4. The maximum Gasteiger partial charge on any atom is 0.237 e. The first kappa shape index (κ1) is 16.6.